The quantitative estimate of drug-likeness (QED) is 0.702. The summed E-state index contributed by atoms with van der Waals surface area (Å²) in [6, 6.07) is 5.71. The maximum Gasteiger partial charge on any atom is 0.115 e. The SMILES string of the molecule is CC12CCc3cc(O)ccc3C1CCC2O. The van der Waals surface area contributed by atoms with Gasteiger partial charge in [-0.1, -0.05) is 13.0 Å². The van der Waals surface area contributed by atoms with Crippen LogP contribution in [0.1, 0.15) is 43.2 Å². The summed E-state index contributed by atoms with van der Waals surface area (Å²) in [7, 11) is 0. The summed E-state index contributed by atoms with van der Waals surface area (Å²) in [6.45, 7) is 2.21. The summed E-state index contributed by atoms with van der Waals surface area (Å²) in [4.78, 5) is 0. The normalized spacial score (nSPS) is 36.9. The number of aliphatic hydroxyl groups excluding tert-OH is 1. The van der Waals surface area contributed by atoms with Crippen LogP contribution in [-0.4, -0.2) is 16.3 Å². The second-order valence-corrected chi connectivity index (χ2v) is 5.53. The molecule has 0 radical (unpaired) electrons. The van der Waals surface area contributed by atoms with E-state index in [4.69, 9.17) is 0 Å². The maximum absolute atomic E-state index is 10.1. The van der Waals surface area contributed by atoms with Crippen molar-refractivity contribution in [2.24, 2.45) is 5.41 Å². The van der Waals surface area contributed by atoms with E-state index in [1.807, 2.05) is 12.1 Å². The molecular weight excluding hydrogens is 200 g/mol. The molecule has 2 aliphatic carbocycles. The molecule has 86 valence electrons. The van der Waals surface area contributed by atoms with Crippen LogP contribution in [0.2, 0.25) is 0 Å². The number of aromatic hydroxyl groups is 1. The van der Waals surface area contributed by atoms with E-state index in [1.165, 1.54) is 11.1 Å². The van der Waals surface area contributed by atoms with Crippen molar-refractivity contribution in [3.8, 4) is 5.75 Å². The van der Waals surface area contributed by atoms with Crippen LogP contribution >= 0.6 is 0 Å². The maximum atomic E-state index is 10.1. The van der Waals surface area contributed by atoms with E-state index < -0.39 is 0 Å². The second kappa shape index (κ2) is 3.24. The van der Waals surface area contributed by atoms with Crippen molar-refractivity contribution in [2.45, 2.75) is 44.6 Å². The molecule has 0 saturated heterocycles. The Morgan fingerprint density at radius 1 is 1.31 bits per heavy atom. The number of hydrogen-bond donors (Lipinski definition) is 2. The summed E-state index contributed by atoms with van der Waals surface area (Å²) < 4.78 is 0. The zero-order chi connectivity index (χ0) is 11.3. The third kappa shape index (κ3) is 1.23. The molecule has 0 aromatic heterocycles. The minimum absolute atomic E-state index is 0.0595. The molecule has 0 aliphatic heterocycles. The van der Waals surface area contributed by atoms with Gasteiger partial charge in [-0.3, -0.25) is 0 Å². The fraction of sp³-hybridized carbons (Fsp3) is 0.571. The van der Waals surface area contributed by atoms with E-state index in [9.17, 15) is 10.2 Å². The smallest absolute Gasteiger partial charge is 0.115 e. The highest BCUT2D eigenvalue weighted by atomic mass is 16.3. The Hall–Kier alpha value is -1.02. The molecule has 2 aliphatic rings. The van der Waals surface area contributed by atoms with Gasteiger partial charge >= 0.3 is 0 Å². The van der Waals surface area contributed by atoms with E-state index >= 15 is 0 Å². The van der Waals surface area contributed by atoms with Crippen molar-refractivity contribution in [1.82, 2.24) is 0 Å². The average molecular weight is 218 g/mol. The number of rotatable bonds is 0. The molecule has 1 fully saturated rings. The van der Waals surface area contributed by atoms with E-state index in [0.717, 1.165) is 25.7 Å². The Kier molecular flexibility index (Phi) is 2.05. The highest BCUT2D eigenvalue weighted by molar-refractivity contribution is 5.41. The molecule has 3 atom stereocenters. The second-order valence-electron chi connectivity index (χ2n) is 5.53. The monoisotopic (exact) mass is 218 g/mol. The van der Waals surface area contributed by atoms with Gasteiger partial charge in [-0.2, -0.15) is 0 Å². The molecule has 2 N–H and O–H groups in total. The Morgan fingerprint density at radius 2 is 2.12 bits per heavy atom. The van der Waals surface area contributed by atoms with Crippen molar-refractivity contribution in [3.63, 3.8) is 0 Å². The number of phenols is 1. The van der Waals surface area contributed by atoms with Gasteiger partial charge in [0.1, 0.15) is 5.75 Å². The van der Waals surface area contributed by atoms with Crippen LogP contribution in [0, 0.1) is 5.41 Å². The molecular formula is C14H18O2. The van der Waals surface area contributed by atoms with Crippen molar-refractivity contribution < 1.29 is 10.2 Å². The van der Waals surface area contributed by atoms with Crippen molar-refractivity contribution in [2.75, 3.05) is 0 Å². The lowest BCUT2D eigenvalue weighted by Crippen LogP contribution is -2.35. The Labute approximate surface area is 95.9 Å². The van der Waals surface area contributed by atoms with Crippen molar-refractivity contribution >= 4 is 0 Å². The molecule has 16 heavy (non-hydrogen) atoms. The van der Waals surface area contributed by atoms with Crippen LogP contribution in [0.5, 0.6) is 5.75 Å². The Bertz CT molecular complexity index is 427. The van der Waals surface area contributed by atoms with Crippen LogP contribution in [-0.2, 0) is 6.42 Å². The van der Waals surface area contributed by atoms with Gasteiger partial charge in [0, 0.05) is 5.41 Å². The standard InChI is InChI=1S/C14H18O2/c1-14-7-6-9-8-10(15)2-3-11(9)12(14)4-5-13(14)16/h2-3,8,12-13,15-16H,4-7H2,1H3. The van der Waals surface area contributed by atoms with Gasteiger partial charge in [0.15, 0.2) is 0 Å². The largest absolute Gasteiger partial charge is 0.508 e. The first-order chi connectivity index (χ1) is 7.61. The van der Waals surface area contributed by atoms with Crippen LogP contribution in [0.25, 0.3) is 0 Å². The summed E-state index contributed by atoms with van der Waals surface area (Å²) in [5.41, 5.74) is 2.68. The molecule has 2 nitrogen and oxygen atoms in total. The van der Waals surface area contributed by atoms with E-state index in [-0.39, 0.29) is 11.5 Å². The first-order valence-corrected chi connectivity index (χ1v) is 6.11. The highest BCUT2D eigenvalue weighted by Gasteiger charge is 2.48. The average Bonchev–Trinajstić information content (AvgIpc) is 2.56. The number of benzene rings is 1. The van der Waals surface area contributed by atoms with Gasteiger partial charge in [-0.05, 0) is 54.9 Å². The summed E-state index contributed by atoms with van der Waals surface area (Å²) in [6.07, 6.45) is 3.86. The Morgan fingerprint density at radius 3 is 2.94 bits per heavy atom. The number of aryl methyl sites for hydroxylation is 1. The predicted octanol–water partition coefficient (Wildman–Crippen LogP) is 2.58. The minimum Gasteiger partial charge on any atom is -0.508 e. The van der Waals surface area contributed by atoms with Gasteiger partial charge in [0.05, 0.1) is 6.10 Å². The Balaban J connectivity index is 2.08. The third-order valence-electron chi connectivity index (χ3n) is 4.72. The molecule has 0 bridgehead atoms. The summed E-state index contributed by atoms with van der Waals surface area (Å²) >= 11 is 0. The van der Waals surface area contributed by atoms with Gasteiger partial charge in [-0.25, -0.2) is 0 Å². The minimum atomic E-state index is -0.153. The molecule has 1 aromatic rings. The third-order valence-corrected chi connectivity index (χ3v) is 4.72. The predicted molar refractivity (Wildman–Crippen MR) is 62.5 cm³/mol. The van der Waals surface area contributed by atoms with Crippen LogP contribution in [0.3, 0.4) is 0 Å². The first-order valence-electron chi connectivity index (χ1n) is 6.11. The van der Waals surface area contributed by atoms with E-state index in [2.05, 4.69) is 6.92 Å². The number of fused-ring (bicyclic) bond motifs is 3. The lowest BCUT2D eigenvalue weighted by molar-refractivity contribution is 0.0457. The molecule has 3 unspecified atom stereocenters. The topological polar surface area (TPSA) is 40.5 Å². The molecule has 0 amide bonds. The lowest BCUT2D eigenvalue weighted by atomic mass is 9.66. The molecule has 1 saturated carbocycles. The molecule has 0 heterocycles. The van der Waals surface area contributed by atoms with Crippen molar-refractivity contribution in [1.29, 1.82) is 0 Å². The molecule has 0 spiro atoms. The lowest BCUT2D eigenvalue weighted by Gasteiger charge is -2.40. The van der Waals surface area contributed by atoms with E-state index in [0.29, 0.717) is 11.7 Å². The zero-order valence-electron chi connectivity index (χ0n) is 9.61. The molecule has 1 aromatic carbocycles. The van der Waals surface area contributed by atoms with Gasteiger partial charge in [0.2, 0.25) is 0 Å². The molecule has 3 rings (SSSR count). The fourth-order valence-corrected chi connectivity index (χ4v) is 3.62. The van der Waals surface area contributed by atoms with Crippen LogP contribution < -0.4 is 0 Å². The summed E-state index contributed by atoms with van der Waals surface area (Å²) in [5, 5.41) is 19.6. The van der Waals surface area contributed by atoms with Gasteiger partial charge in [-0.15, -0.1) is 0 Å². The zero-order valence-corrected chi connectivity index (χ0v) is 9.61. The van der Waals surface area contributed by atoms with Crippen LogP contribution in [0.15, 0.2) is 18.2 Å². The van der Waals surface area contributed by atoms with Gasteiger partial charge in [0.25, 0.3) is 0 Å². The first kappa shape index (κ1) is 10.2. The van der Waals surface area contributed by atoms with Crippen LogP contribution in [0.4, 0.5) is 0 Å². The number of aliphatic hydroxyl groups is 1. The highest BCUT2D eigenvalue weighted by Crippen LogP contribution is 2.55. The summed E-state index contributed by atoms with van der Waals surface area (Å²) in [5.74, 6) is 0.841. The van der Waals surface area contributed by atoms with Crippen molar-refractivity contribution in [3.05, 3.63) is 29.3 Å². The van der Waals surface area contributed by atoms with Gasteiger partial charge < -0.3 is 10.2 Å². The number of phenolic OH excluding ortho intramolecular Hbond substituents is 1. The molecule has 2 heteroatoms. The van der Waals surface area contributed by atoms with E-state index in [1.54, 1.807) is 6.07 Å². The fourth-order valence-electron chi connectivity index (χ4n) is 3.62. The number of hydrogen-bond acceptors (Lipinski definition) is 2.